The predicted octanol–water partition coefficient (Wildman–Crippen LogP) is 2.73. The summed E-state index contributed by atoms with van der Waals surface area (Å²) in [5.41, 5.74) is 3.53. The third kappa shape index (κ3) is 3.15. The Morgan fingerprint density at radius 2 is 2.11 bits per heavy atom. The van der Waals surface area contributed by atoms with Gasteiger partial charge in [-0.25, -0.2) is 15.8 Å². The van der Waals surface area contributed by atoms with Gasteiger partial charge in [0, 0.05) is 17.5 Å². The second-order valence-electron chi connectivity index (χ2n) is 4.27. The summed E-state index contributed by atoms with van der Waals surface area (Å²) >= 11 is 7.51. The first-order valence-electron chi connectivity index (χ1n) is 5.78. The summed E-state index contributed by atoms with van der Waals surface area (Å²) in [6.07, 6.45) is 0. The number of hydrazine groups is 1. The van der Waals surface area contributed by atoms with Gasteiger partial charge < -0.3 is 10.3 Å². The SMILES string of the molecule is Cc1nc(NN)c(C)c(N(C)Cc2ccc(Cl)s2)n1. The molecule has 0 aromatic carbocycles. The van der Waals surface area contributed by atoms with Crippen molar-refractivity contribution < 1.29 is 0 Å². The lowest BCUT2D eigenvalue weighted by Gasteiger charge is -2.21. The number of hydrogen-bond donors (Lipinski definition) is 2. The molecule has 3 N–H and O–H groups in total. The van der Waals surface area contributed by atoms with E-state index in [0.717, 1.165) is 22.3 Å². The molecule has 0 bridgehead atoms. The van der Waals surface area contributed by atoms with Crippen LogP contribution in [0.4, 0.5) is 11.6 Å². The molecule has 0 unspecified atom stereocenters. The fourth-order valence-corrected chi connectivity index (χ4v) is 3.01. The molecule has 0 radical (unpaired) electrons. The van der Waals surface area contributed by atoms with Crippen LogP contribution in [0.3, 0.4) is 0 Å². The summed E-state index contributed by atoms with van der Waals surface area (Å²) in [5, 5.41) is 0. The smallest absolute Gasteiger partial charge is 0.148 e. The van der Waals surface area contributed by atoms with Gasteiger partial charge in [0.2, 0.25) is 0 Å². The van der Waals surface area contributed by atoms with Gasteiger partial charge in [-0.15, -0.1) is 11.3 Å². The summed E-state index contributed by atoms with van der Waals surface area (Å²) < 4.78 is 0.795. The van der Waals surface area contributed by atoms with Crippen LogP contribution >= 0.6 is 22.9 Å². The Hall–Kier alpha value is -1.37. The summed E-state index contributed by atoms with van der Waals surface area (Å²) in [4.78, 5) is 12.0. The van der Waals surface area contributed by atoms with Gasteiger partial charge in [0.25, 0.3) is 0 Å². The molecule has 0 saturated carbocycles. The number of aryl methyl sites for hydroxylation is 1. The molecule has 2 heterocycles. The topological polar surface area (TPSA) is 67.1 Å². The lowest BCUT2D eigenvalue weighted by atomic mass is 10.3. The molecule has 102 valence electrons. The molecule has 0 spiro atoms. The van der Waals surface area contributed by atoms with Crippen molar-refractivity contribution in [1.29, 1.82) is 0 Å². The Kier molecular flexibility index (Phi) is 4.24. The van der Waals surface area contributed by atoms with E-state index in [1.165, 1.54) is 4.88 Å². The molecule has 0 saturated heterocycles. The Morgan fingerprint density at radius 3 is 2.68 bits per heavy atom. The van der Waals surface area contributed by atoms with Gasteiger partial charge in [-0.1, -0.05) is 11.6 Å². The van der Waals surface area contributed by atoms with Crippen LogP contribution in [-0.2, 0) is 6.54 Å². The summed E-state index contributed by atoms with van der Waals surface area (Å²) in [6, 6.07) is 3.93. The average molecular weight is 298 g/mol. The third-order valence-electron chi connectivity index (χ3n) is 2.75. The summed E-state index contributed by atoms with van der Waals surface area (Å²) in [5.74, 6) is 7.67. The van der Waals surface area contributed by atoms with E-state index in [9.17, 15) is 0 Å². The third-order valence-corrected chi connectivity index (χ3v) is 3.97. The van der Waals surface area contributed by atoms with Crippen molar-refractivity contribution >= 4 is 34.6 Å². The summed E-state index contributed by atoms with van der Waals surface area (Å²) in [7, 11) is 1.99. The molecule has 0 aliphatic heterocycles. The number of anilines is 2. The van der Waals surface area contributed by atoms with E-state index in [0.29, 0.717) is 11.6 Å². The molecule has 0 aliphatic rings. The van der Waals surface area contributed by atoms with Gasteiger partial charge in [-0.2, -0.15) is 0 Å². The largest absolute Gasteiger partial charge is 0.354 e. The zero-order valence-corrected chi connectivity index (χ0v) is 12.6. The normalized spacial score (nSPS) is 10.6. The van der Waals surface area contributed by atoms with Gasteiger partial charge in [-0.3, -0.25) is 0 Å². The summed E-state index contributed by atoms with van der Waals surface area (Å²) in [6.45, 7) is 4.54. The van der Waals surface area contributed by atoms with Crippen LogP contribution in [-0.4, -0.2) is 17.0 Å². The first-order valence-corrected chi connectivity index (χ1v) is 6.98. The van der Waals surface area contributed by atoms with Crippen molar-refractivity contribution in [2.75, 3.05) is 17.4 Å². The molecule has 7 heteroatoms. The number of nitrogens with zero attached hydrogens (tertiary/aromatic N) is 3. The monoisotopic (exact) mass is 297 g/mol. The number of thiophene rings is 1. The molecule has 5 nitrogen and oxygen atoms in total. The van der Waals surface area contributed by atoms with Gasteiger partial charge in [0.15, 0.2) is 0 Å². The highest BCUT2D eigenvalue weighted by Gasteiger charge is 2.13. The van der Waals surface area contributed by atoms with E-state index in [-0.39, 0.29) is 0 Å². The van der Waals surface area contributed by atoms with Gasteiger partial charge in [0.05, 0.1) is 10.9 Å². The maximum absolute atomic E-state index is 5.94. The Labute approximate surface area is 121 Å². The van der Waals surface area contributed by atoms with Crippen molar-refractivity contribution in [3.05, 3.63) is 32.7 Å². The molecule has 2 aromatic rings. The highest BCUT2D eigenvalue weighted by atomic mass is 35.5. The van der Waals surface area contributed by atoms with E-state index in [2.05, 4.69) is 20.3 Å². The number of nitrogen functional groups attached to an aromatic ring is 1. The fourth-order valence-electron chi connectivity index (χ4n) is 1.87. The maximum atomic E-state index is 5.94. The van der Waals surface area contributed by atoms with E-state index in [1.54, 1.807) is 11.3 Å². The second-order valence-corrected chi connectivity index (χ2v) is 6.07. The number of nitrogens with one attached hydrogen (secondary N) is 1. The van der Waals surface area contributed by atoms with E-state index in [1.807, 2.05) is 33.0 Å². The standard InChI is InChI=1S/C12H16ClN5S/c1-7-11(17-14)15-8(2)16-12(7)18(3)6-9-4-5-10(13)19-9/h4-5H,6,14H2,1-3H3,(H,15,16,17). The lowest BCUT2D eigenvalue weighted by Crippen LogP contribution is -2.21. The fraction of sp³-hybridized carbons (Fsp3) is 0.333. The van der Waals surface area contributed by atoms with Crippen molar-refractivity contribution in [3.63, 3.8) is 0 Å². The number of hydrogen-bond acceptors (Lipinski definition) is 6. The zero-order chi connectivity index (χ0) is 14.0. The first kappa shape index (κ1) is 14.0. The number of nitrogens with two attached hydrogens (primary N) is 1. The van der Waals surface area contributed by atoms with Crippen LogP contribution in [0.5, 0.6) is 0 Å². The van der Waals surface area contributed by atoms with E-state index in [4.69, 9.17) is 17.4 Å². The Bertz CT molecular complexity index is 583. The molecule has 19 heavy (non-hydrogen) atoms. The highest BCUT2D eigenvalue weighted by molar-refractivity contribution is 7.16. The average Bonchev–Trinajstić information content (AvgIpc) is 2.77. The minimum Gasteiger partial charge on any atom is -0.354 e. The molecular weight excluding hydrogens is 282 g/mol. The molecule has 2 rings (SSSR count). The van der Waals surface area contributed by atoms with Gasteiger partial charge in [0.1, 0.15) is 17.5 Å². The highest BCUT2D eigenvalue weighted by Crippen LogP contribution is 2.26. The molecule has 0 fully saturated rings. The number of halogens is 1. The second kappa shape index (κ2) is 5.73. The molecule has 0 aliphatic carbocycles. The van der Waals surface area contributed by atoms with Crippen molar-refractivity contribution in [2.45, 2.75) is 20.4 Å². The lowest BCUT2D eigenvalue weighted by molar-refractivity contribution is 0.880. The van der Waals surface area contributed by atoms with Crippen molar-refractivity contribution in [3.8, 4) is 0 Å². The number of rotatable bonds is 4. The van der Waals surface area contributed by atoms with Crippen LogP contribution in [0.25, 0.3) is 0 Å². The predicted molar refractivity (Wildman–Crippen MR) is 80.8 cm³/mol. The van der Waals surface area contributed by atoms with Crippen LogP contribution in [0.15, 0.2) is 12.1 Å². The van der Waals surface area contributed by atoms with Crippen LogP contribution in [0.1, 0.15) is 16.3 Å². The van der Waals surface area contributed by atoms with Crippen molar-refractivity contribution in [2.24, 2.45) is 5.84 Å². The molecule has 0 atom stereocenters. The van der Waals surface area contributed by atoms with Gasteiger partial charge >= 0.3 is 0 Å². The van der Waals surface area contributed by atoms with Crippen LogP contribution in [0.2, 0.25) is 4.34 Å². The molecular formula is C12H16ClN5S. The first-order chi connectivity index (χ1) is 9.01. The van der Waals surface area contributed by atoms with Crippen LogP contribution in [0, 0.1) is 13.8 Å². The minimum atomic E-state index is 0.651. The Balaban J connectivity index is 2.28. The minimum absolute atomic E-state index is 0.651. The van der Waals surface area contributed by atoms with E-state index >= 15 is 0 Å². The quantitative estimate of drug-likeness (QED) is 0.671. The Morgan fingerprint density at radius 1 is 1.37 bits per heavy atom. The zero-order valence-electron chi connectivity index (χ0n) is 11.1. The number of aromatic nitrogens is 2. The van der Waals surface area contributed by atoms with E-state index < -0.39 is 0 Å². The molecule has 2 aromatic heterocycles. The van der Waals surface area contributed by atoms with Crippen LogP contribution < -0.4 is 16.2 Å². The molecule has 0 amide bonds. The van der Waals surface area contributed by atoms with Crippen molar-refractivity contribution in [1.82, 2.24) is 9.97 Å². The maximum Gasteiger partial charge on any atom is 0.148 e. The van der Waals surface area contributed by atoms with Gasteiger partial charge in [-0.05, 0) is 26.0 Å².